The summed E-state index contributed by atoms with van der Waals surface area (Å²) in [4.78, 5) is 0. The van der Waals surface area contributed by atoms with Gasteiger partial charge in [-0.2, -0.15) is 5.10 Å². The minimum Gasteiger partial charge on any atom is -0.367 e. The Labute approximate surface area is 105 Å². The van der Waals surface area contributed by atoms with Gasteiger partial charge in [-0.1, -0.05) is 30.3 Å². The Hall–Kier alpha value is -1.15. The second-order valence-electron chi connectivity index (χ2n) is 2.65. The van der Waals surface area contributed by atoms with Gasteiger partial charge in [0.2, 0.25) is 5.96 Å². The second-order valence-corrected chi connectivity index (χ2v) is 2.65. The molecule has 0 heterocycles. The molecule has 0 atom stereocenters. The Morgan fingerprint density at radius 3 is 2.40 bits per heavy atom. The van der Waals surface area contributed by atoms with Crippen molar-refractivity contribution in [2.45, 2.75) is 6.92 Å². The Kier molecular flexibility index (Phi) is 6.63. The molecule has 0 amide bonds. The van der Waals surface area contributed by atoms with Crippen LogP contribution < -0.4 is 11.2 Å². The van der Waals surface area contributed by atoms with Crippen LogP contribution in [0.2, 0.25) is 0 Å². The maximum atomic E-state index is 8.34. The fourth-order valence-corrected chi connectivity index (χ4v) is 0.888. The molecule has 1 aromatic carbocycles. The van der Waals surface area contributed by atoms with E-state index in [0.717, 1.165) is 11.3 Å². The van der Waals surface area contributed by atoms with Crippen LogP contribution in [0.15, 0.2) is 40.5 Å². The first kappa shape index (κ1) is 13.8. The average molecular weight is 320 g/mol. The number of nitrogens with zero attached hydrogens (tertiary/aromatic N) is 2. The average Bonchev–Trinajstić information content (AvgIpc) is 2.26. The summed E-state index contributed by atoms with van der Waals surface area (Å²) in [6.45, 7) is 1.81. The summed E-state index contributed by atoms with van der Waals surface area (Å²) in [6.07, 6.45) is 0. The van der Waals surface area contributed by atoms with Gasteiger partial charge >= 0.3 is 0 Å². The zero-order chi connectivity index (χ0) is 10.4. The molecule has 0 saturated heterocycles. The number of hydrogen-bond donors (Lipinski definition) is 3. The van der Waals surface area contributed by atoms with Gasteiger partial charge < -0.3 is 5.73 Å². The van der Waals surface area contributed by atoms with Crippen molar-refractivity contribution < 1.29 is 5.21 Å². The maximum Gasteiger partial charge on any atom is 0.237 e. The summed E-state index contributed by atoms with van der Waals surface area (Å²) in [6, 6.07) is 9.56. The van der Waals surface area contributed by atoms with Gasteiger partial charge in [0.1, 0.15) is 0 Å². The first-order valence-electron chi connectivity index (χ1n) is 4.07. The first-order valence-corrected chi connectivity index (χ1v) is 4.07. The van der Waals surface area contributed by atoms with E-state index < -0.39 is 0 Å². The quantitative estimate of drug-likeness (QED) is 0.333. The van der Waals surface area contributed by atoms with E-state index in [1.54, 1.807) is 5.48 Å². The molecule has 0 aliphatic rings. The Bertz CT molecular complexity index is 350. The van der Waals surface area contributed by atoms with Gasteiger partial charge in [0.25, 0.3) is 0 Å². The lowest BCUT2D eigenvalue weighted by atomic mass is 10.1. The van der Waals surface area contributed by atoms with Crippen molar-refractivity contribution >= 4 is 35.6 Å². The molecule has 0 spiro atoms. The second kappa shape index (κ2) is 7.18. The van der Waals surface area contributed by atoms with Gasteiger partial charge in [-0.25, -0.2) is 5.48 Å². The van der Waals surface area contributed by atoms with E-state index in [4.69, 9.17) is 10.9 Å². The Balaban J connectivity index is 0.00000196. The monoisotopic (exact) mass is 320 g/mol. The Morgan fingerprint density at radius 1 is 1.27 bits per heavy atom. The van der Waals surface area contributed by atoms with Gasteiger partial charge in [-0.3, -0.25) is 5.21 Å². The molecule has 0 bridgehead atoms. The molecule has 0 radical (unpaired) electrons. The van der Waals surface area contributed by atoms with E-state index in [1.807, 2.05) is 37.3 Å². The fourth-order valence-electron chi connectivity index (χ4n) is 0.888. The van der Waals surface area contributed by atoms with E-state index in [-0.39, 0.29) is 29.9 Å². The zero-order valence-electron chi connectivity index (χ0n) is 8.21. The molecule has 0 aliphatic heterocycles. The highest BCUT2D eigenvalue weighted by molar-refractivity contribution is 14.0. The van der Waals surface area contributed by atoms with Gasteiger partial charge in [-0.15, -0.1) is 29.1 Å². The summed E-state index contributed by atoms with van der Waals surface area (Å²) in [5.41, 5.74) is 8.56. The number of hydrogen-bond acceptors (Lipinski definition) is 3. The summed E-state index contributed by atoms with van der Waals surface area (Å²) in [5, 5.41) is 15.7. The SMILES string of the molecule is CC(=NN=C(N)NO)c1ccccc1.I. The van der Waals surface area contributed by atoms with Crippen molar-refractivity contribution in [3.63, 3.8) is 0 Å². The van der Waals surface area contributed by atoms with E-state index in [0.29, 0.717) is 0 Å². The van der Waals surface area contributed by atoms with Gasteiger partial charge in [-0.05, 0) is 12.5 Å². The number of nitrogens with one attached hydrogen (secondary N) is 1. The van der Waals surface area contributed by atoms with Crippen LogP contribution in [0.4, 0.5) is 0 Å². The summed E-state index contributed by atoms with van der Waals surface area (Å²) in [7, 11) is 0. The molecular formula is C9H13IN4O. The summed E-state index contributed by atoms with van der Waals surface area (Å²) in [5.74, 6) is -0.139. The lowest BCUT2D eigenvalue weighted by Crippen LogP contribution is -2.27. The van der Waals surface area contributed by atoms with E-state index in [1.165, 1.54) is 0 Å². The number of hydroxylamine groups is 1. The van der Waals surface area contributed by atoms with Crippen LogP contribution >= 0.6 is 24.0 Å². The van der Waals surface area contributed by atoms with Crippen LogP contribution in [0.1, 0.15) is 12.5 Å². The summed E-state index contributed by atoms with van der Waals surface area (Å²) >= 11 is 0. The highest BCUT2D eigenvalue weighted by atomic mass is 127. The third-order valence-electron chi connectivity index (χ3n) is 1.61. The number of guanidine groups is 1. The predicted molar refractivity (Wildman–Crippen MR) is 70.6 cm³/mol. The minimum absolute atomic E-state index is 0. The van der Waals surface area contributed by atoms with Gasteiger partial charge in [0.05, 0.1) is 5.71 Å². The van der Waals surface area contributed by atoms with Gasteiger partial charge in [0, 0.05) is 0 Å². The Morgan fingerprint density at radius 2 is 1.87 bits per heavy atom. The van der Waals surface area contributed by atoms with E-state index in [2.05, 4.69) is 10.2 Å². The molecule has 0 unspecified atom stereocenters. The summed E-state index contributed by atoms with van der Waals surface area (Å²) < 4.78 is 0. The molecule has 0 aliphatic carbocycles. The molecule has 0 aromatic heterocycles. The van der Waals surface area contributed by atoms with E-state index >= 15 is 0 Å². The van der Waals surface area contributed by atoms with Crippen LogP contribution in [0.3, 0.4) is 0 Å². The molecule has 15 heavy (non-hydrogen) atoms. The van der Waals surface area contributed by atoms with Crippen molar-refractivity contribution in [3.05, 3.63) is 35.9 Å². The molecule has 6 heteroatoms. The van der Waals surface area contributed by atoms with Crippen molar-refractivity contribution in [1.29, 1.82) is 0 Å². The molecule has 4 N–H and O–H groups in total. The van der Waals surface area contributed by atoms with Crippen molar-refractivity contribution in [1.82, 2.24) is 5.48 Å². The van der Waals surface area contributed by atoms with Crippen LogP contribution in [0, 0.1) is 0 Å². The number of halogens is 1. The fraction of sp³-hybridized carbons (Fsp3) is 0.111. The highest BCUT2D eigenvalue weighted by Gasteiger charge is 1.94. The maximum absolute atomic E-state index is 8.34. The normalized spacial score (nSPS) is 11.9. The zero-order valence-corrected chi connectivity index (χ0v) is 10.5. The molecule has 0 saturated carbocycles. The molecule has 5 nitrogen and oxygen atoms in total. The van der Waals surface area contributed by atoms with Gasteiger partial charge in [0.15, 0.2) is 0 Å². The van der Waals surface area contributed by atoms with Crippen LogP contribution in [-0.4, -0.2) is 16.9 Å². The molecule has 0 fully saturated rings. The lowest BCUT2D eigenvalue weighted by Gasteiger charge is -1.97. The highest BCUT2D eigenvalue weighted by Crippen LogP contribution is 2.00. The third kappa shape index (κ3) is 4.75. The van der Waals surface area contributed by atoms with Crippen LogP contribution in [0.25, 0.3) is 0 Å². The standard InChI is InChI=1S/C9H12N4O.HI/c1-7(11-12-9(10)13-14)8-5-3-2-4-6-8;/h2-6,14H,1H3,(H3,10,12,13);1H. The molecule has 1 rings (SSSR count). The number of nitrogens with two attached hydrogens (primary N) is 1. The smallest absolute Gasteiger partial charge is 0.237 e. The minimum atomic E-state index is -0.139. The molecule has 1 aromatic rings. The number of rotatable bonds is 2. The van der Waals surface area contributed by atoms with Crippen molar-refractivity contribution in [3.8, 4) is 0 Å². The van der Waals surface area contributed by atoms with Crippen molar-refractivity contribution in [2.75, 3.05) is 0 Å². The van der Waals surface area contributed by atoms with Crippen LogP contribution in [0.5, 0.6) is 0 Å². The number of benzene rings is 1. The molecular weight excluding hydrogens is 307 g/mol. The largest absolute Gasteiger partial charge is 0.367 e. The predicted octanol–water partition coefficient (Wildman–Crippen LogP) is 1.32. The third-order valence-corrected chi connectivity index (χ3v) is 1.61. The topological polar surface area (TPSA) is 83.0 Å². The lowest BCUT2D eigenvalue weighted by molar-refractivity contribution is 0.232. The van der Waals surface area contributed by atoms with Crippen LogP contribution in [-0.2, 0) is 0 Å². The van der Waals surface area contributed by atoms with Crippen molar-refractivity contribution in [2.24, 2.45) is 15.9 Å². The first-order chi connectivity index (χ1) is 6.74. The molecule has 82 valence electrons. The van der Waals surface area contributed by atoms with E-state index in [9.17, 15) is 0 Å².